The second-order valence-electron chi connectivity index (χ2n) is 10.2. The van der Waals surface area contributed by atoms with Gasteiger partial charge in [-0.3, -0.25) is 24.5 Å². The molecule has 0 radical (unpaired) electrons. The lowest BCUT2D eigenvalue weighted by atomic mass is 10.1. The second kappa shape index (κ2) is 13.1. The van der Waals surface area contributed by atoms with Gasteiger partial charge in [0.1, 0.15) is 17.9 Å². The van der Waals surface area contributed by atoms with Crippen molar-refractivity contribution >= 4 is 40.1 Å². The van der Waals surface area contributed by atoms with Crippen LogP contribution in [0, 0.1) is 15.9 Å². The average molecular weight is 608 g/mol. The number of hydrogen-bond acceptors (Lipinski definition) is 7. The zero-order valence-electron chi connectivity index (χ0n) is 22.9. The Morgan fingerprint density at radius 2 is 1.81 bits per heavy atom. The van der Waals surface area contributed by atoms with E-state index >= 15 is 0 Å². The molecule has 1 unspecified atom stereocenters. The van der Waals surface area contributed by atoms with Crippen LogP contribution in [0.5, 0.6) is 0 Å². The molecule has 12 heteroatoms. The monoisotopic (exact) mass is 607 g/mol. The first-order valence-electron chi connectivity index (χ1n) is 13.6. The number of rotatable bonds is 10. The van der Waals surface area contributed by atoms with Crippen LogP contribution in [0.2, 0.25) is 5.02 Å². The Hall–Kier alpha value is -4.61. The molecule has 43 heavy (non-hydrogen) atoms. The molecule has 0 aliphatic carbocycles. The van der Waals surface area contributed by atoms with Crippen molar-refractivity contribution in [2.75, 3.05) is 19.7 Å². The zero-order valence-corrected chi connectivity index (χ0v) is 23.7. The second-order valence-corrected chi connectivity index (χ2v) is 10.6. The fourth-order valence-electron chi connectivity index (χ4n) is 4.95. The number of nitro groups is 1. The molecular weight excluding hydrogens is 581 g/mol. The predicted molar refractivity (Wildman–Crippen MR) is 156 cm³/mol. The topological polar surface area (TPSA) is 123 Å². The highest BCUT2D eigenvalue weighted by molar-refractivity contribution is 6.34. The van der Waals surface area contributed by atoms with Gasteiger partial charge in [-0.15, -0.1) is 0 Å². The fourth-order valence-corrected chi connectivity index (χ4v) is 5.21. The maximum absolute atomic E-state index is 13.9. The third-order valence-electron chi connectivity index (χ3n) is 7.21. The van der Waals surface area contributed by atoms with Crippen molar-refractivity contribution in [3.63, 3.8) is 0 Å². The van der Waals surface area contributed by atoms with Crippen molar-refractivity contribution in [1.82, 2.24) is 9.80 Å². The van der Waals surface area contributed by atoms with E-state index in [4.69, 9.17) is 20.8 Å². The summed E-state index contributed by atoms with van der Waals surface area (Å²) in [5.74, 6) is -1.54. The number of amides is 2. The Morgan fingerprint density at radius 3 is 2.51 bits per heavy atom. The van der Waals surface area contributed by atoms with E-state index in [0.717, 1.165) is 12.5 Å². The zero-order chi connectivity index (χ0) is 30.5. The summed E-state index contributed by atoms with van der Waals surface area (Å²) in [4.78, 5) is 54.1. The van der Waals surface area contributed by atoms with Crippen LogP contribution < -0.4 is 5.43 Å². The van der Waals surface area contributed by atoms with Crippen molar-refractivity contribution in [2.45, 2.75) is 32.0 Å². The molecule has 1 aromatic heterocycles. The Morgan fingerprint density at radius 1 is 1.05 bits per heavy atom. The summed E-state index contributed by atoms with van der Waals surface area (Å²) < 4.78 is 25.0. The number of carbonyl (C=O) groups excluding carboxylic acids is 2. The van der Waals surface area contributed by atoms with E-state index in [-0.39, 0.29) is 53.0 Å². The summed E-state index contributed by atoms with van der Waals surface area (Å²) in [6, 6.07) is 15.9. The third-order valence-corrected chi connectivity index (χ3v) is 7.52. The van der Waals surface area contributed by atoms with Crippen LogP contribution in [0.3, 0.4) is 0 Å². The van der Waals surface area contributed by atoms with Gasteiger partial charge in [0.25, 0.3) is 11.6 Å². The molecule has 0 saturated carbocycles. The minimum atomic E-state index is -0.621. The number of halogens is 2. The van der Waals surface area contributed by atoms with Crippen LogP contribution in [0.4, 0.5) is 10.1 Å². The summed E-state index contributed by atoms with van der Waals surface area (Å²) in [7, 11) is 0. The standard InChI is InChI=1S/C31H27ClFN3O7/c32-27-14-23(36(40)41)11-12-25(27)31(39)35(17-24-4-3-13-42-24)18-29(37)34(15-20-7-9-22(33)10-8-20)16-21-19-43-28-6-2-1-5-26(28)30(21)38/h1-2,5-12,14,19,24H,3-4,13,15-18H2. The molecule has 5 rings (SSSR count). The predicted octanol–water partition coefficient (Wildman–Crippen LogP) is 5.34. The normalized spacial score (nSPS) is 14.5. The summed E-state index contributed by atoms with van der Waals surface area (Å²) in [5, 5.41) is 11.4. The Kier molecular flexibility index (Phi) is 9.13. The molecule has 10 nitrogen and oxygen atoms in total. The van der Waals surface area contributed by atoms with Crippen LogP contribution in [-0.2, 0) is 22.6 Å². The minimum absolute atomic E-state index is 0.00155. The average Bonchev–Trinajstić information content (AvgIpc) is 3.51. The smallest absolute Gasteiger partial charge is 0.270 e. The van der Waals surface area contributed by atoms with Gasteiger partial charge in [0, 0.05) is 31.8 Å². The van der Waals surface area contributed by atoms with E-state index in [0.29, 0.717) is 29.6 Å². The highest BCUT2D eigenvalue weighted by Gasteiger charge is 2.29. The minimum Gasteiger partial charge on any atom is -0.464 e. The summed E-state index contributed by atoms with van der Waals surface area (Å²) >= 11 is 6.27. The Labute approximate surface area is 250 Å². The summed E-state index contributed by atoms with van der Waals surface area (Å²) in [6.07, 6.45) is 2.48. The first kappa shape index (κ1) is 29.9. The van der Waals surface area contributed by atoms with Crippen molar-refractivity contribution in [2.24, 2.45) is 0 Å². The number of hydrogen-bond donors (Lipinski definition) is 0. The van der Waals surface area contributed by atoms with Crippen LogP contribution in [0.15, 0.2) is 82.2 Å². The highest BCUT2D eigenvalue weighted by atomic mass is 35.5. The number of fused-ring (bicyclic) bond motifs is 1. The van der Waals surface area contributed by atoms with Gasteiger partial charge in [-0.2, -0.15) is 0 Å². The molecule has 1 saturated heterocycles. The number of para-hydroxylation sites is 1. The molecule has 2 heterocycles. The largest absolute Gasteiger partial charge is 0.464 e. The van der Waals surface area contributed by atoms with Crippen LogP contribution >= 0.6 is 11.6 Å². The molecule has 222 valence electrons. The number of nitro benzene ring substituents is 1. The van der Waals surface area contributed by atoms with Gasteiger partial charge in [-0.1, -0.05) is 35.9 Å². The van der Waals surface area contributed by atoms with E-state index in [2.05, 4.69) is 0 Å². The first-order chi connectivity index (χ1) is 20.7. The Balaban J connectivity index is 1.45. The molecule has 1 aliphatic heterocycles. The van der Waals surface area contributed by atoms with Crippen molar-refractivity contribution in [3.8, 4) is 0 Å². The van der Waals surface area contributed by atoms with E-state index in [9.17, 15) is 28.9 Å². The fraction of sp³-hybridized carbons (Fsp3) is 0.258. The third kappa shape index (κ3) is 7.07. The van der Waals surface area contributed by atoms with Gasteiger partial charge in [0.05, 0.1) is 45.4 Å². The van der Waals surface area contributed by atoms with Crippen molar-refractivity contribution < 1.29 is 28.1 Å². The molecular formula is C31H27ClFN3O7. The lowest BCUT2D eigenvalue weighted by Gasteiger charge is -2.29. The maximum Gasteiger partial charge on any atom is 0.270 e. The van der Waals surface area contributed by atoms with Gasteiger partial charge < -0.3 is 19.0 Å². The molecule has 2 amide bonds. The van der Waals surface area contributed by atoms with Gasteiger partial charge in [0.15, 0.2) is 5.43 Å². The van der Waals surface area contributed by atoms with Gasteiger partial charge in [0.2, 0.25) is 5.91 Å². The molecule has 1 atom stereocenters. The number of ether oxygens (including phenoxy) is 1. The van der Waals surface area contributed by atoms with Crippen LogP contribution in [0.25, 0.3) is 11.0 Å². The van der Waals surface area contributed by atoms with E-state index in [1.54, 1.807) is 24.3 Å². The molecule has 1 aliphatic rings. The molecule has 1 fully saturated rings. The Bertz CT molecular complexity index is 1720. The molecule has 0 N–H and O–H groups in total. The maximum atomic E-state index is 13.9. The van der Waals surface area contributed by atoms with Gasteiger partial charge in [-0.25, -0.2) is 4.39 Å². The van der Waals surface area contributed by atoms with Gasteiger partial charge in [-0.05, 0) is 48.7 Å². The quantitative estimate of drug-likeness (QED) is 0.176. The number of nitrogens with zero attached hydrogens (tertiary/aromatic N) is 3. The van der Waals surface area contributed by atoms with Crippen LogP contribution in [-0.4, -0.2) is 52.3 Å². The molecule has 4 aromatic rings. The van der Waals surface area contributed by atoms with E-state index in [1.165, 1.54) is 52.5 Å². The lowest BCUT2D eigenvalue weighted by Crippen LogP contribution is -2.45. The van der Waals surface area contributed by atoms with Gasteiger partial charge >= 0.3 is 0 Å². The number of benzene rings is 3. The van der Waals surface area contributed by atoms with E-state index < -0.39 is 29.1 Å². The lowest BCUT2D eigenvalue weighted by molar-refractivity contribution is -0.384. The molecule has 0 spiro atoms. The summed E-state index contributed by atoms with van der Waals surface area (Å²) in [5.41, 5.74) is 0.658. The summed E-state index contributed by atoms with van der Waals surface area (Å²) in [6.45, 7) is 0.0924. The van der Waals surface area contributed by atoms with Crippen LogP contribution in [0.1, 0.15) is 34.3 Å². The number of carbonyl (C=O) groups is 2. The van der Waals surface area contributed by atoms with Crippen molar-refractivity contribution in [1.29, 1.82) is 0 Å². The highest BCUT2D eigenvalue weighted by Crippen LogP contribution is 2.25. The van der Waals surface area contributed by atoms with E-state index in [1.807, 2.05) is 0 Å². The SMILES string of the molecule is O=C(CN(CC1CCCO1)C(=O)c1ccc([N+](=O)[O-])cc1Cl)N(Cc1ccc(F)cc1)Cc1coc2ccccc2c1=O. The molecule has 0 bridgehead atoms. The number of non-ortho nitro benzene ring substituents is 1. The molecule has 3 aromatic carbocycles. The first-order valence-corrected chi connectivity index (χ1v) is 13.9. The van der Waals surface area contributed by atoms with Crippen molar-refractivity contribution in [3.05, 3.63) is 121 Å².